The van der Waals surface area contributed by atoms with Crippen LogP contribution in [-0.2, 0) is 4.74 Å². The molecule has 0 aliphatic rings. The fourth-order valence-corrected chi connectivity index (χ4v) is 0.895. The Morgan fingerprint density at radius 1 is 1.36 bits per heavy atom. The van der Waals surface area contributed by atoms with Gasteiger partial charge in [-0.15, -0.1) is 0 Å². The second-order valence-electron chi connectivity index (χ2n) is 2.66. The molecule has 3 nitrogen and oxygen atoms in total. The standard InChI is InChI=1S/C11H12O3/c12-8-4-5-9-14-11(13)10-6-2-1-3-7-10/h1-3,5-7,9,12H,4,8H2/b9-5-. The molecule has 0 saturated carbocycles. The number of aliphatic hydroxyl groups excluding tert-OH is 1. The number of esters is 1. The van der Waals surface area contributed by atoms with Gasteiger partial charge in [-0.05, 0) is 24.6 Å². The zero-order valence-corrected chi connectivity index (χ0v) is 7.72. The molecule has 14 heavy (non-hydrogen) atoms. The topological polar surface area (TPSA) is 46.5 Å². The maximum atomic E-state index is 11.3. The van der Waals surface area contributed by atoms with Crippen LogP contribution >= 0.6 is 0 Å². The minimum atomic E-state index is -0.389. The molecule has 0 bridgehead atoms. The van der Waals surface area contributed by atoms with Gasteiger partial charge in [0.25, 0.3) is 0 Å². The van der Waals surface area contributed by atoms with Gasteiger partial charge in [-0.3, -0.25) is 0 Å². The molecule has 3 heteroatoms. The number of aliphatic hydroxyl groups is 1. The van der Waals surface area contributed by atoms with E-state index in [1.807, 2.05) is 6.07 Å². The van der Waals surface area contributed by atoms with Crippen LogP contribution in [0.1, 0.15) is 16.8 Å². The molecule has 0 aliphatic carbocycles. The van der Waals surface area contributed by atoms with Gasteiger partial charge in [-0.25, -0.2) is 4.79 Å². The van der Waals surface area contributed by atoms with Crippen molar-refractivity contribution in [3.05, 3.63) is 48.2 Å². The normalized spacial score (nSPS) is 10.4. The van der Waals surface area contributed by atoms with Crippen LogP contribution in [0.15, 0.2) is 42.7 Å². The monoisotopic (exact) mass is 192 g/mol. The maximum Gasteiger partial charge on any atom is 0.342 e. The first-order valence-electron chi connectivity index (χ1n) is 4.36. The van der Waals surface area contributed by atoms with Gasteiger partial charge in [0, 0.05) is 6.61 Å². The van der Waals surface area contributed by atoms with Gasteiger partial charge >= 0.3 is 5.97 Å². The molecule has 0 aromatic heterocycles. The van der Waals surface area contributed by atoms with E-state index in [-0.39, 0.29) is 12.6 Å². The Hall–Kier alpha value is -1.61. The van der Waals surface area contributed by atoms with Crippen molar-refractivity contribution in [3.8, 4) is 0 Å². The highest BCUT2D eigenvalue weighted by Crippen LogP contribution is 2.01. The highest BCUT2D eigenvalue weighted by atomic mass is 16.5. The average Bonchev–Trinajstić information content (AvgIpc) is 2.25. The van der Waals surface area contributed by atoms with Gasteiger partial charge in [-0.1, -0.05) is 18.2 Å². The first-order valence-corrected chi connectivity index (χ1v) is 4.36. The molecule has 0 heterocycles. The summed E-state index contributed by atoms with van der Waals surface area (Å²) in [5.41, 5.74) is 0.515. The van der Waals surface area contributed by atoms with E-state index in [2.05, 4.69) is 0 Å². The van der Waals surface area contributed by atoms with E-state index in [1.165, 1.54) is 6.26 Å². The smallest absolute Gasteiger partial charge is 0.342 e. The third-order valence-electron chi connectivity index (χ3n) is 1.58. The predicted octanol–water partition coefficient (Wildman–Crippen LogP) is 1.74. The Morgan fingerprint density at radius 2 is 2.07 bits per heavy atom. The molecule has 0 spiro atoms. The van der Waals surface area contributed by atoms with E-state index in [0.29, 0.717) is 12.0 Å². The summed E-state index contributed by atoms with van der Waals surface area (Å²) in [7, 11) is 0. The first-order chi connectivity index (χ1) is 6.84. The van der Waals surface area contributed by atoms with Crippen molar-refractivity contribution in [2.75, 3.05) is 6.61 Å². The summed E-state index contributed by atoms with van der Waals surface area (Å²) in [4.78, 5) is 11.3. The number of carbonyl (C=O) groups is 1. The van der Waals surface area contributed by atoms with E-state index in [1.54, 1.807) is 30.3 Å². The quantitative estimate of drug-likeness (QED) is 0.583. The number of carbonyl (C=O) groups excluding carboxylic acids is 1. The van der Waals surface area contributed by atoms with Crippen LogP contribution in [0.4, 0.5) is 0 Å². The molecule has 1 aromatic carbocycles. The zero-order valence-electron chi connectivity index (χ0n) is 7.72. The maximum absolute atomic E-state index is 11.3. The summed E-state index contributed by atoms with van der Waals surface area (Å²) in [5.74, 6) is -0.389. The van der Waals surface area contributed by atoms with Crippen molar-refractivity contribution >= 4 is 5.97 Å². The van der Waals surface area contributed by atoms with E-state index in [0.717, 1.165) is 0 Å². The largest absolute Gasteiger partial charge is 0.431 e. The molecule has 0 aliphatic heterocycles. The van der Waals surface area contributed by atoms with Crippen molar-refractivity contribution in [3.63, 3.8) is 0 Å². The second-order valence-corrected chi connectivity index (χ2v) is 2.66. The molecule has 0 saturated heterocycles. The summed E-state index contributed by atoms with van der Waals surface area (Å²) < 4.78 is 4.80. The minimum absolute atomic E-state index is 0.0549. The van der Waals surface area contributed by atoms with Crippen LogP contribution < -0.4 is 0 Å². The van der Waals surface area contributed by atoms with Crippen molar-refractivity contribution in [2.24, 2.45) is 0 Å². The Labute approximate surface area is 82.6 Å². The highest BCUT2D eigenvalue weighted by molar-refractivity contribution is 5.89. The van der Waals surface area contributed by atoms with Crippen LogP contribution in [0.3, 0.4) is 0 Å². The number of hydrogen-bond donors (Lipinski definition) is 1. The summed E-state index contributed by atoms with van der Waals surface area (Å²) in [6.45, 7) is 0.0549. The Balaban J connectivity index is 2.44. The lowest BCUT2D eigenvalue weighted by molar-refractivity contribution is 0.0661. The van der Waals surface area contributed by atoms with Gasteiger partial charge in [0.05, 0.1) is 11.8 Å². The fraction of sp³-hybridized carbons (Fsp3) is 0.182. The lowest BCUT2D eigenvalue weighted by Crippen LogP contribution is -1.99. The van der Waals surface area contributed by atoms with Crippen molar-refractivity contribution < 1.29 is 14.6 Å². The minimum Gasteiger partial charge on any atom is -0.431 e. The average molecular weight is 192 g/mol. The van der Waals surface area contributed by atoms with Crippen molar-refractivity contribution in [2.45, 2.75) is 6.42 Å². The molecule has 74 valence electrons. The van der Waals surface area contributed by atoms with Crippen molar-refractivity contribution in [1.82, 2.24) is 0 Å². The van der Waals surface area contributed by atoms with Crippen LogP contribution in [0.25, 0.3) is 0 Å². The second kappa shape index (κ2) is 5.94. The molecule has 0 unspecified atom stereocenters. The molecule has 1 N–H and O–H groups in total. The summed E-state index contributed by atoms with van der Waals surface area (Å²) in [6.07, 6.45) is 3.38. The molecular formula is C11H12O3. The van der Waals surface area contributed by atoms with Gasteiger partial charge in [0.2, 0.25) is 0 Å². The molecule has 1 rings (SSSR count). The van der Waals surface area contributed by atoms with Crippen LogP contribution in [0.2, 0.25) is 0 Å². The SMILES string of the molecule is O=C(O/C=C\CCO)c1ccccc1. The lowest BCUT2D eigenvalue weighted by Gasteiger charge is -1.97. The Kier molecular flexibility index (Phi) is 4.44. The number of ether oxygens (including phenoxy) is 1. The number of hydrogen-bond acceptors (Lipinski definition) is 3. The summed E-state index contributed by atoms with van der Waals surface area (Å²) >= 11 is 0. The molecule has 0 amide bonds. The Morgan fingerprint density at radius 3 is 2.71 bits per heavy atom. The van der Waals surface area contributed by atoms with E-state index >= 15 is 0 Å². The zero-order chi connectivity index (χ0) is 10.2. The third-order valence-corrected chi connectivity index (χ3v) is 1.58. The first kappa shape index (κ1) is 10.5. The summed E-state index contributed by atoms with van der Waals surface area (Å²) in [6, 6.07) is 8.74. The molecular weight excluding hydrogens is 180 g/mol. The van der Waals surface area contributed by atoms with Gasteiger partial charge in [-0.2, -0.15) is 0 Å². The lowest BCUT2D eigenvalue weighted by atomic mass is 10.2. The highest BCUT2D eigenvalue weighted by Gasteiger charge is 2.02. The van der Waals surface area contributed by atoms with Crippen LogP contribution in [0, 0.1) is 0 Å². The Bertz CT molecular complexity index is 304. The fourth-order valence-electron chi connectivity index (χ4n) is 0.895. The molecule has 0 fully saturated rings. The third kappa shape index (κ3) is 3.41. The molecule has 1 aromatic rings. The summed E-state index contributed by atoms with van der Waals surface area (Å²) in [5, 5.41) is 8.46. The van der Waals surface area contributed by atoms with E-state index in [4.69, 9.17) is 9.84 Å². The van der Waals surface area contributed by atoms with Crippen LogP contribution in [-0.4, -0.2) is 17.7 Å². The van der Waals surface area contributed by atoms with Gasteiger partial charge in [0.15, 0.2) is 0 Å². The number of benzene rings is 1. The van der Waals surface area contributed by atoms with Crippen LogP contribution in [0.5, 0.6) is 0 Å². The van der Waals surface area contributed by atoms with E-state index in [9.17, 15) is 4.79 Å². The van der Waals surface area contributed by atoms with Gasteiger partial charge < -0.3 is 9.84 Å². The molecule has 0 radical (unpaired) electrons. The van der Waals surface area contributed by atoms with Crippen molar-refractivity contribution in [1.29, 1.82) is 0 Å². The van der Waals surface area contributed by atoms with E-state index < -0.39 is 0 Å². The van der Waals surface area contributed by atoms with Gasteiger partial charge in [0.1, 0.15) is 0 Å². The molecule has 0 atom stereocenters. The number of rotatable bonds is 4. The predicted molar refractivity (Wildman–Crippen MR) is 52.7 cm³/mol.